The number of likely N-dealkylation sites (N-methyl/N-ethyl adjacent to an activating group) is 3. The number of nitrogens with one attached hydrogen (secondary N) is 1. The molecule has 13 nitrogen and oxygen atoms in total. The number of amides is 1. The van der Waals surface area contributed by atoms with Crippen LogP contribution in [0.5, 0.6) is 0 Å². The molecule has 3 aliphatic heterocycles. The Balaban J connectivity index is 0.000000258. The molecule has 8 N–H and O–H groups in total. The fourth-order valence-electron chi connectivity index (χ4n) is 8.29. The predicted molar refractivity (Wildman–Crippen MR) is 327 cm³/mol. The van der Waals surface area contributed by atoms with Crippen molar-refractivity contribution in [3.05, 3.63) is 116 Å². The molecule has 0 aliphatic carbocycles. The highest BCUT2D eigenvalue weighted by Gasteiger charge is 2.22. The Hall–Kier alpha value is -4.21. The molecule has 0 bridgehead atoms. The third kappa shape index (κ3) is 21.3. The van der Waals surface area contributed by atoms with Gasteiger partial charge in [-0.3, -0.25) is 10.2 Å². The summed E-state index contributed by atoms with van der Waals surface area (Å²) in [6.07, 6.45) is 11.7. The van der Waals surface area contributed by atoms with Crippen molar-refractivity contribution < 1.29 is 9.90 Å². The molecule has 3 aliphatic rings. The number of nitrogens with zero attached hydrogens (tertiary/aromatic N) is 7. The molecule has 396 valence electrons. The average Bonchev–Trinajstić information content (AvgIpc) is 3.99. The molecule has 72 heavy (non-hydrogen) atoms. The summed E-state index contributed by atoms with van der Waals surface area (Å²) in [5.74, 6) is 0.823. The Morgan fingerprint density at radius 2 is 1.12 bits per heavy atom. The maximum Gasteiger partial charge on any atom is 0.227 e. The van der Waals surface area contributed by atoms with Crippen molar-refractivity contribution in [2.75, 3.05) is 134 Å². The molecule has 0 atom stereocenters. The smallest absolute Gasteiger partial charge is 0.227 e. The van der Waals surface area contributed by atoms with Gasteiger partial charge in [-0.1, -0.05) is 12.1 Å². The van der Waals surface area contributed by atoms with Gasteiger partial charge in [0.25, 0.3) is 0 Å². The number of halogens is 1. The van der Waals surface area contributed by atoms with Crippen molar-refractivity contribution >= 4 is 109 Å². The van der Waals surface area contributed by atoms with Gasteiger partial charge in [-0.15, -0.1) is 58.4 Å². The first-order chi connectivity index (χ1) is 34.1. The number of thioether (sulfide) groups is 1. The summed E-state index contributed by atoms with van der Waals surface area (Å²) < 4.78 is 0. The fourth-order valence-corrected chi connectivity index (χ4v) is 10.1. The molecule has 17 heteroatoms. The van der Waals surface area contributed by atoms with Crippen molar-refractivity contribution in [2.24, 2.45) is 10.7 Å². The number of carbonyl (C=O) groups excluding carboxylic acids is 1. The average molecular weight is 1150 g/mol. The summed E-state index contributed by atoms with van der Waals surface area (Å²) in [7, 11) is 12.6. The molecule has 2 aromatic heterocycles. The van der Waals surface area contributed by atoms with Crippen LogP contribution in [0, 0.1) is 5.41 Å². The van der Waals surface area contributed by atoms with Crippen LogP contribution in [0.4, 0.5) is 34.1 Å². The normalized spacial score (nSPS) is 14.2. The molecule has 0 spiro atoms. The molecule has 5 heterocycles. The van der Waals surface area contributed by atoms with Crippen LogP contribution in [0.15, 0.2) is 94.6 Å². The van der Waals surface area contributed by atoms with Crippen LogP contribution in [0.25, 0.3) is 0 Å². The van der Waals surface area contributed by atoms with E-state index >= 15 is 0 Å². The van der Waals surface area contributed by atoms with Crippen molar-refractivity contribution in [3.63, 3.8) is 0 Å². The highest BCUT2D eigenvalue weighted by Crippen LogP contribution is 2.32. The maximum atomic E-state index is 12.2. The Bertz CT molecular complexity index is 2360. The van der Waals surface area contributed by atoms with Gasteiger partial charge in [-0.05, 0) is 201 Å². The van der Waals surface area contributed by atoms with Crippen LogP contribution in [-0.2, 0) is 24.1 Å². The number of fused-ring (bicyclic) bond motifs is 3. The van der Waals surface area contributed by atoms with Gasteiger partial charge in [0.15, 0.2) is 0 Å². The van der Waals surface area contributed by atoms with E-state index in [4.69, 9.17) is 27.7 Å². The third-order valence-corrected chi connectivity index (χ3v) is 14.5. The van der Waals surface area contributed by atoms with Gasteiger partial charge in [0.2, 0.25) is 5.91 Å². The standard InChI is InChI=1S/C19H26N4S.C14H21N3O.C14H23N3.C6H7NS2.C2H6O.HI/c1-22(2)11-12-23-10-4-3-6-15-14-16(8-9-17(15)23)21-19(20)18-7-5-13-24-18;1-16(2)8-9-17-13-7-6-12(15)10-11(13)4-3-5-14(17)18;1-16(2)9-10-17-8-4-3-5-12-11-13(15)6-7-14(12)17;1-8-6(7)5-3-2-4-9-5;1-2-3;/h5,7-9,13-14H,3-4,6,10-12H2,1-2H3,(H2,20,21);6-7,10H,3-5,8-9,15H2,1-2H3;6-7,11H,3-5,8-10,15H2,1-2H3;2-4,7H,1H3;3H,2H2,1H3;1H. The van der Waals surface area contributed by atoms with Gasteiger partial charge in [0.1, 0.15) is 10.9 Å². The van der Waals surface area contributed by atoms with Gasteiger partial charge in [-0.25, -0.2) is 4.99 Å². The van der Waals surface area contributed by atoms with Gasteiger partial charge in [0, 0.05) is 93.8 Å². The van der Waals surface area contributed by atoms with Gasteiger partial charge >= 0.3 is 0 Å². The molecule has 0 saturated carbocycles. The van der Waals surface area contributed by atoms with Crippen molar-refractivity contribution in [3.8, 4) is 0 Å². The lowest BCUT2D eigenvalue weighted by atomic mass is 10.1. The second-order valence-corrected chi connectivity index (χ2v) is 21.3. The van der Waals surface area contributed by atoms with E-state index in [9.17, 15) is 4.79 Å². The number of hydrogen-bond acceptors (Lipinski definition) is 14. The number of thiophene rings is 2. The Morgan fingerprint density at radius 3 is 1.62 bits per heavy atom. The SMILES string of the molecule is CCO.CN(C)CCN1C(=O)CCCc2cc(N)ccc21.CN(C)CCN1CCCCc2cc(N)ccc21.CN(C)CCN1CCCCc2cc(N=C(N)c3cccs3)ccc21.CSC(=N)c1cccs1.I. The van der Waals surface area contributed by atoms with Crippen LogP contribution in [0.2, 0.25) is 0 Å². The lowest BCUT2D eigenvalue weighted by molar-refractivity contribution is -0.118. The largest absolute Gasteiger partial charge is 0.399 e. The lowest BCUT2D eigenvalue weighted by Crippen LogP contribution is -2.36. The zero-order valence-corrected chi connectivity index (χ0v) is 49.0. The summed E-state index contributed by atoms with van der Waals surface area (Å²) >= 11 is 4.71. The highest BCUT2D eigenvalue weighted by atomic mass is 127. The van der Waals surface area contributed by atoms with Crippen LogP contribution in [-0.4, -0.2) is 144 Å². The monoisotopic (exact) mass is 1150 g/mol. The quantitative estimate of drug-likeness (QED) is 0.0349. The summed E-state index contributed by atoms with van der Waals surface area (Å²) in [6.45, 7) is 10.2. The molecule has 3 aromatic carbocycles. The summed E-state index contributed by atoms with van der Waals surface area (Å²) in [6, 6.07) is 26.7. The minimum Gasteiger partial charge on any atom is -0.399 e. The number of amidine groups is 1. The number of rotatable bonds is 12. The second kappa shape index (κ2) is 33.6. The fraction of sp³-hybridized carbons (Fsp3) is 0.473. The molecular weight excluding hydrogens is 1070 g/mol. The number of aliphatic hydroxyl groups is 1. The van der Waals surface area contributed by atoms with E-state index in [1.165, 1.54) is 78.5 Å². The maximum absolute atomic E-state index is 12.2. The van der Waals surface area contributed by atoms with E-state index < -0.39 is 0 Å². The lowest BCUT2D eigenvalue weighted by Gasteiger charge is -2.26. The summed E-state index contributed by atoms with van der Waals surface area (Å²) in [4.78, 5) is 32.3. The van der Waals surface area contributed by atoms with Gasteiger partial charge in [0.05, 0.1) is 15.4 Å². The van der Waals surface area contributed by atoms with E-state index in [2.05, 4.69) is 88.0 Å². The number of carbonyl (C=O) groups is 1. The number of aryl methyl sites for hydroxylation is 3. The summed E-state index contributed by atoms with van der Waals surface area (Å²) in [5.41, 5.74) is 28.2. The van der Waals surface area contributed by atoms with Crippen LogP contribution < -0.4 is 31.9 Å². The van der Waals surface area contributed by atoms with E-state index in [1.807, 2.05) is 84.5 Å². The van der Waals surface area contributed by atoms with Crippen LogP contribution >= 0.6 is 58.4 Å². The topological polar surface area (TPSA) is 171 Å². The Labute approximate surface area is 461 Å². The highest BCUT2D eigenvalue weighted by molar-refractivity contribution is 14.0. The molecule has 0 unspecified atom stereocenters. The van der Waals surface area contributed by atoms with Crippen molar-refractivity contribution in [2.45, 2.75) is 64.7 Å². The Kier molecular flexibility index (Phi) is 29.0. The number of nitrogen functional groups attached to an aromatic ring is 2. The zero-order chi connectivity index (χ0) is 51.7. The minimum absolute atomic E-state index is 0. The molecule has 5 aromatic rings. The first kappa shape index (κ1) is 62.1. The van der Waals surface area contributed by atoms with E-state index in [0.29, 0.717) is 17.3 Å². The van der Waals surface area contributed by atoms with Crippen LogP contribution in [0.1, 0.15) is 71.9 Å². The molecule has 1 amide bonds. The zero-order valence-electron chi connectivity index (χ0n) is 44.2. The van der Waals surface area contributed by atoms with Crippen molar-refractivity contribution in [1.82, 2.24) is 14.7 Å². The Morgan fingerprint density at radius 1 is 0.667 bits per heavy atom. The molecule has 8 rings (SSSR count). The first-order valence-corrected chi connectivity index (χ1v) is 27.9. The summed E-state index contributed by atoms with van der Waals surface area (Å²) in [5, 5.41) is 19.6. The number of aliphatic imine (C=N–C) groups is 1. The minimum atomic E-state index is 0. The second-order valence-electron chi connectivity index (χ2n) is 18.6. The van der Waals surface area contributed by atoms with Crippen LogP contribution in [0.3, 0.4) is 0 Å². The van der Waals surface area contributed by atoms with E-state index in [0.717, 1.165) is 97.6 Å². The third-order valence-electron chi connectivity index (χ3n) is 12.0. The van der Waals surface area contributed by atoms with E-state index in [1.54, 1.807) is 29.6 Å². The first-order valence-electron chi connectivity index (χ1n) is 24.9. The van der Waals surface area contributed by atoms with Crippen molar-refractivity contribution in [1.29, 1.82) is 5.41 Å². The number of aliphatic hydroxyl groups excluding tert-OH is 1. The number of anilines is 5. The predicted octanol–water partition coefficient (Wildman–Crippen LogP) is 10.0. The molecular formula is C55H84IN11O2S3. The molecule has 0 radical (unpaired) electrons. The number of nitrogens with two attached hydrogens (primary N) is 3. The molecule has 0 saturated heterocycles. The van der Waals surface area contributed by atoms with E-state index in [-0.39, 0.29) is 36.5 Å². The van der Waals surface area contributed by atoms with Gasteiger partial charge < -0.3 is 51.7 Å². The molecule has 0 fully saturated rings. The number of hydrogen-bond donors (Lipinski definition) is 5. The number of benzene rings is 3. The van der Waals surface area contributed by atoms with Gasteiger partial charge in [-0.2, -0.15) is 0 Å².